The van der Waals surface area contributed by atoms with Crippen molar-refractivity contribution in [3.8, 4) is 0 Å². The van der Waals surface area contributed by atoms with Crippen LogP contribution in [0.5, 0.6) is 0 Å². The molecule has 0 spiro atoms. The van der Waals surface area contributed by atoms with Gasteiger partial charge < -0.3 is 4.74 Å². The highest BCUT2D eigenvalue weighted by Gasteiger charge is 2.11. The number of aromatic nitrogens is 1. The van der Waals surface area contributed by atoms with Gasteiger partial charge in [-0.15, -0.1) is 0 Å². The van der Waals surface area contributed by atoms with Crippen molar-refractivity contribution in [2.75, 3.05) is 0 Å². The van der Waals surface area contributed by atoms with Crippen molar-refractivity contribution in [1.82, 2.24) is 4.98 Å². The topological polar surface area (TPSA) is 39.2 Å². The molecule has 0 amide bonds. The van der Waals surface area contributed by atoms with Gasteiger partial charge in [0.25, 0.3) is 0 Å². The summed E-state index contributed by atoms with van der Waals surface area (Å²) < 4.78 is 5.08. The maximum absolute atomic E-state index is 11.4. The van der Waals surface area contributed by atoms with Gasteiger partial charge in [-0.3, -0.25) is 0 Å². The number of pyridine rings is 1. The number of rotatable bonds is 3. The number of hydrogen-bond acceptors (Lipinski definition) is 3. The summed E-state index contributed by atoms with van der Waals surface area (Å²) in [5.74, 6) is -0.429. The number of nitrogens with zero attached hydrogens (tertiary/aromatic N) is 1. The molecule has 0 aliphatic heterocycles. The molecule has 0 fully saturated rings. The first kappa shape index (κ1) is 11.0. The molecule has 14 heavy (non-hydrogen) atoms. The van der Waals surface area contributed by atoms with E-state index in [0.29, 0.717) is 5.15 Å². The van der Waals surface area contributed by atoms with Crippen molar-refractivity contribution < 1.29 is 9.53 Å². The fourth-order valence-corrected chi connectivity index (χ4v) is 1.01. The average molecular weight is 214 g/mol. The zero-order valence-electron chi connectivity index (χ0n) is 8.16. The Kier molecular flexibility index (Phi) is 3.89. The molecule has 0 saturated carbocycles. The Morgan fingerprint density at radius 3 is 2.93 bits per heavy atom. The van der Waals surface area contributed by atoms with Crippen molar-refractivity contribution in [2.24, 2.45) is 0 Å². The third-order valence-corrected chi connectivity index (χ3v) is 2.02. The molecule has 1 heterocycles. The Morgan fingerprint density at radius 1 is 1.64 bits per heavy atom. The quantitative estimate of drug-likeness (QED) is 0.573. The maximum Gasteiger partial charge on any atom is 0.357 e. The SMILES string of the molecule is CCC(C)OC(=O)c1cccc(Cl)n1. The van der Waals surface area contributed by atoms with Crippen LogP contribution < -0.4 is 0 Å². The van der Waals surface area contributed by atoms with E-state index >= 15 is 0 Å². The molecule has 0 aliphatic carbocycles. The van der Waals surface area contributed by atoms with Crippen LogP contribution in [0.25, 0.3) is 0 Å². The largest absolute Gasteiger partial charge is 0.458 e. The van der Waals surface area contributed by atoms with Gasteiger partial charge in [0.15, 0.2) is 0 Å². The average Bonchev–Trinajstić information content (AvgIpc) is 2.17. The Hall–Kier alpha value is -1.09. The summed E-state index contributed by atoms with van der Waals surface area (Å²) >= 11 is 5.64. The molecule has 0 saturated heterocycles. The zero-order chi connectivity index (χ0) is 10.6. The number of carbonyl (C=O) groups is 1. The van der Waals surface area contributed by atoms with E-state index in [1.807, 2.05) is 13.8 Å². The highest BCUT2D eigenvalue weighted by atomic mass is 35.5. The van der Waals surface area contributed by atoms with Crippen molar-refractivity contribution in [3.63, 3.8) is 0 Å². The van der Waals surface area contributed by atoms with Crippen LogP contribution in [0.3, 0.4) is 0 Å². The van der Waals surface area contributed by atoms with Crippen LogP contribution in [0.15, 0.2) is 18.2 Å². The molecule has 0 aliphatic rings. The van der Waals surface area contributed by atoms with Crippen LogP contribution in [0, 0.1) is 0 Å². The smallest absolute Gasteiger partial charge is 0.357 e. The second-order valence-corrected chi connectivity index (χ2v) is 3.36. The van der Waals surface area contributed by atoms with Gasteiger partial charge in [0.05, 0.1) is 6.10 Å². The van der Waals surface area contributed by atoms with E-state index in [-0.39, 0.29) is 11.8 Å². The number of ether oxygens (including phenoxy) is 1. The molecule has 4 heteroatoms. The minimum Gasteiger partial charge on any atom is -0.458 e. The molecule has 1 aromatic heterocycles. The lowest BCUT2D eigenvalue weighted by molar-refractivity contribution is 0.0327. The molecule has 0 N–H and O–H groups in total. The lowest BCUT2D eigenvalue weighted by Gasteiger charge is -2.09. The van der Waals surface area contributed by atoms with Crippen molar-refractivity contribution in [3.05, 3.63) is 29.0 Å². The van der Waals surface area contributed by atoms with E-state index in [9.17, 15) is 4.79 Å². The van der Waals surface area contributed by atoms with Gasteiger partial charge in [-0.25, -0.2) is 9.78 Å². The van der Waals surface area contributed by atoms with E-state index in [2.05, 4.69) is 4.98 Å². The van der Waals surface area contributed by atoms with Crippen LogP contribution in [0.2, 0.25) is 5.15 Å². The lowest BCUT2D eigenvalue weighted by atomic mass is 10.3. The van der Waals surface area contributed by atoms with Gasteiger partial charge in [-0.2, -0.15) is 0 Å². The molecule has 1 rings (SSSR count). The van der Waals surface area contributed by atoms with Gasteiger partial charge in [0.1, 0.15) is 10.8 Å². The van der Waals surface area contributed by atoms with E-state index in [1.165, 1.54) is 0 Å². The highest BCUT2D eigenvalue weighted by Crippen LogP contribution is 2.08. The van der Waals surface area contributed by atoms with E-state index in [1.54, 1.807) is 18.2 Å². The number of hydrogen-bond donors (Lipinski definition) is 0. The first-order chi connectivity index (χ1) is 6.63. The fourth-order valence-electron chi connectivity index (χ4n) is 0.848. The number of halogens is 1. The Balaban J connectivity index is 2.70. The molecule has 1 aromatic rings. The molecule has 1 atom stereocenters. The first-order valence-corrected chi connectivity index (χ1v) is 4.84. The fraction of sp³-hybridized carbons (Fsp3) is 0.400. The minimum atomic E-state index is -0.429. The lowest BCUT2D eigenvalue weighted by Crippen LogP contribution is -2.15. The Morgan fingerprint density at radius 2 is 2.36 bits per heavy atom. The van der Waals surface area contributed by atoms with Gasteiger partial charge in [-0.05, 0) is 25.5 Å². The van der Waals surface area contributed by atoms with Crippen molar-refractivity contribution in [2.45, 2.75) is 26.4 Å². The second kappa shape index (κ2) is 4.96. The number of esters is 1. The predicted molar refractivity (Wildman–Crippen MR) is 54.4 cm³/mol. The molecular formula is C10H12ClNO2. The van der Waals surface area contributed by atoms with Crippen LogP contribution in [-0.4, -0.2) is 17.1 Å². The summed E-state index contributed by atoms with van der Waals surface area (Å²) in [4.78, 5) is 15.3. The number of carbonyl (C=O) groups excluding carboxylic acids is 1. The molecule has 0 bridgehead atoms. The van der Waals surface area contributed by atoms with Crippen molar-refractivity contribution >= 4 is 17.6 Å². The molecular weight excluding hydrogens is 202 g/mol. The molecule has 0 aromatic carbocycles. The van der Waals surface area contributed by atoms with Gasteiger partial charge in [0, 0.05) is 0 Å². The van der Waals surface area contributed by atoms with Crippen LogP contribution in [0.4, 0.5) is 0 Å². The summed E-state index contributed by atoms with van der Waals surface area (Å²) in [5.41, 5.74) is 0.248. The Bertz CT molecular complexity index is 328. The third-order valence-electron chi connectivity index (χ3n) is 1.81. The maximum atomic E-state index is 11.4. The van der Waals surface area contributed by atoms with Gasteiger partial charge in [0.2, 0.25) is 0 Å². The molecule has 76 valence electrons. The molecule has 1 unspecified atom stereocenters. The summed E-state index contributed by atoms with van der Waals surface area (Å²) in [6.45, 7) is 3.78. The monoisotopic (exact) mass is 213 g/mol. The Labute approximate surface area is 88.1 Å². The summed E-state index contributed by atoms with van der Waals surface area (Å²) in [6.07, 6.45) is 0.690. The zero-order valence-corrected chi connectivity index (χ0v) is 8.91. The first-order valence-electron chi connectivity index (χ1n) is 4.47. The summed E-state index contributed by atoms with van der Waals surface area (Å²) in [7, 11) is 0. The summed E-state index contributed by atoms with van der Waals surface area (Å²) in [5, 5.41) is 0.295. The minimum absolute atomic E-state index is 0.0942. The van der Waals surface area contributed by atoms with E-state index in [0.717, 1.165) is 6.42 Å². The van der Waals surface area contributed by atoms with Crippen LogP contribution >= 0.6 is 11.6 Å². The highest BCUT2D eigenvalue weighted by molar-refractivity contribution is 6.29. The summed E-state index contributed by atoms with van der Waals surface area (Å²) in [6, 6.07) is 4.86. The van der Waals surface area contributed by atoms with Crippen molar-refractivity contribution in [1.29, 1.82) is 0 Å². The van der Waals surface area contributed by atoms with Gasteiger partial charge >= 0.3 is 5.97 Å². The predicted octanol–water partition coefficient (Wildman–Crippen LogP) is 2.69. The van der Waals surface area contributed by atoms with E-state index in [4.69, 9.17) is 16.3 Å². The van der Waals surface area contributed by atoms with E-state index < -0.39 is 5.97 Å². The molecule has 0 radical (unpaired) electrons. The normalized spacial score (nSPS) is 12.2. The second-order valence-electron chi connectivity index (χ2n) is 2.97. The van der Waals surface area contributed by atoms with Crippen LogP contribution in [0.1, 0.15) is 30.8 Å². The van der Waals surface area contributed by atoms with Crippen LogP contribution in [-0.2, 0) is 4.74 Å². The molecule has 3 nitrogen and oxygen atoms in total. The van der Waals surface area contributed by atoms with Gasteiger partial charge in [-0.1, -0.05) is 24.6 Å². The standard InChI is InChI=1S/C10H12ClNO2/c1-3-7(2)14-10(13)8-5-4-6-9(11)12-8/h4-7H,3H2,1-2H3. The third kappa shape index (κ3) is 3.00.